The van der Waals surface area contributed by atoms with Gasteiger partial charge in [0.05, 0.1) is 25.9 Å². The number of carbonyl (C=O) groups is 2. The Morgan fingerprint density at radius 1 is 0.541 bits per heavy atom. The molecule has 0 radical (unpaired) electrons. The fourth-order valence-electron chi connectivity index (χ4n) is 6.01. The van der Waals surface area contributed by atoms with Crippen molar-refractivity contribution in [2.45, 2.75) is 193 Å². The molecule has 0 bridgehead atoms. The van der Waals surface area contributed by atoms with Crippen LogP contribution < -0.4 is 0 Å². The number of aliphatic hydroxyl groups is 2. The van der Waals surface area contributed by atoms with Crippen molar-refractivity contribution in [3.8, 4) is 0 Å². The predicted molar refractivity (Wildman–Crippen MR) is 240 cm³/mol. The maximum Gasteiger partial charge on any atom is 0.472 e. The lowest BCUT2D eigenvalue weighted by Crippen LogP contribution is -2.29. The molecule has 0 aromatic heterocycles. The third-order valence-electron chi connectivity index (χ3n) is 9.44. The Morgan fingerprint density at radius 3 is 1.56 bits per heavy atom. The molecule has 5 N–H and O–H groups in total. The molecule has 0 aliphatic rings. The molecule has 14 nitrogen and oxygen atoms in total. The molecule has 0 aromatic carbocycles. The number of ether oxygens (including phenoxy) is 2. The quantitative estimate of drug-likeness (QED) is 0.0167. The van der Waals surface area contributed by atoms with E-state index < -0.39 is 66.2 Å². The highest BCUT2D eigenvalue weighted by atomic mass is 31.2. The second-order valence-corrected chi connectivity index (χ2v) is 18.7. The number of unbranched alkanes of at least 4 members (excludes halogenated alkanes) is 13. The first-order valence-corrected chi connectivity index (χ1v) is 25.8. The van der Waals surface area contributed by atoms with Crippen LogP contribution in [0.5, 0.6) is 0 Å². The highest BCUT2D eigenvalue weighted by molar-refractivity contribution is 7.47. The molecule has 0 amide bonds. The van der Waals surface area contributed by atoms with E-state index in [1.165, 1.54) is 64.2 Å². The maximum absolute atomic E-state index is 12.7. The molecule has 61 heavy (non-hydrogen) atoms. The van der Waals surface area contributed by atoms with Crippen molar-refractivity contribution in [1.29, 1.82) is 0 Å². The molecular formula is C45H82O14P2. The van der Waals surface area contributed by atoms with Crippen molar-refractivity contribution in [1.82, 2.24) is 0 Å². The van der Waals surface area contributed by atoms with Crippen LogP contribution in [-0.2, 0) is 41.8 Å². The monoisotopic (exact) mass is 909 g/mol. The van der Waals surface area contributed by atoms with E-state index in [4.69, 9.17) is 23.8 Å². The lowest BCUT2D eigenvalue weighted by atomic mass is 10.0. The average Bonchev–Trinajstić information content (AvgIpc) is 3.20. The third kappa shape index (κ3) is 44.4. The minimum atomic E-state index is -4.87. The second-order valence-electron chi connectivity index (χ2n) is 16.0. The number of carbonyl (C=O) groups excluding carboxylic acids is 2. The summed E-state index contributed by atoms with van der Waals surface area (Å²) >= 11 is 0. The van der Waals surface area contributed by atoms with Gasteiger partial charge in [-0.3, -0.25) is 23.2 Å². The Balaban J connectivity index is 4.60. The molecule has 16 heteroatoms. The summed E-state index contributed by atoms with van der Waals surface area (Å²) in [6, 6.07) is 0. The van der Waals surface area contributed by atoms with Crippen LogP contribution in [0.3, 0.4) is 0 Å². The van der Waals surface area contributed by atoms with Gasteiger partial charge in [0.2, 0.25) is 0 Å². The lowest BCUT2D eigenvalue weighted by molar-refractivity contribution is -0.161. The fourth-order valence-corrected chi connectivity index (χ4v) is 7.17. The smallest absolute Gasteiger partial charge is 0.462 e. The highest BCUT2D eigenvalue weighted by Gasteiger charge is 2.28. The summed E-state index contributed by atoms with van der Waals surface area (Å²) < 4.78 is 47.7. The molecule has 2 unspecified atom stereocenters. The van der Waals surface area contributed by atoms with Crippen LogP contribution in [0.4, 0.5) is 0 Å². The number of rotatable bonds is 42. The minimum Gasteiger partial charge on any atom is -0.462 e. The van der Waals surface area contributed by atoms with Gasteiger partial charge in [0, 0.05) is 12.8 Å². The summed E-state index contributed by atoms with van der Waals surface area (Å²) in [5.41, 5.74) is 0. The van der Waals surface area contributed by atoms with Crippen molar-refractivity contribution in [3.05, 3.63) is 48.6 Å². The molecule has 0 aliphatic heterocycles. The topological polar surface area (TPSA) is 216 Å². The molecule has 0 spiro atoms. The molecule has 0 saturated heterocycles. The van der Waals surface area contributed by atoms with Crippen LogP contribution >= 0.6 is 15.6 Å². The van der Waals surface area contributed by atoms with Gasteiger partial charge in [0.25, 0.3) is 0 Å². The lowest BCUT2D eigenvalue weighted by Gasteiger charge is -2.20. The van der Waals surface area contributed by atoms with Gasteiger partial charge in [-0.05, 0) is 57.3 Å². The number of phosphoric acid groups is 2. The Labute approximate surface area is 367 Å². The molecule has 356 valence electrons. The van der Waals surface area contributed by atoms with E-state index in [1.807, 2.05) is 18.2 Å². The Bertz CT molecular complexity index is 1300. The van der Waals surface area contributed by atoms with Gasteiger partial charge in [0.15, 0.2) is 6.10 Å². The minimum absolute atomic E-state index is 0.0407. The van der Waals surface area contributed by atoms with Gasteiger partial charge in [-0.1, -0.05) is 159 Å². The summed E-state index contributed by atoms with van der Waals surface area (Å²) in [5.74, 6) is -0.316. The van der Waals surface area contributed by atoms with Crippen LogP contribution in [0.25, 0.3) is 0 Å². The maximum atomic E-state index is 12.7. The van der Waals surface area contributed by atoms with E-state index in [-0.39, 0.29) is 18.9 Å². The predicted octanol–water partition coefficient (Wildman–Crippen LogP) is 10.7. The molecule has 0 aromatic rings. The second kappa shape index (κ2) is 39.6. The van der Waals surface area contributed by atoms with Crippen molar-refractivity contribution in [3.63, 3.8) is 0 Å². The van der Waals surface area contributed by atoms with Gasteiger partial charge in [-0.25, -0.2) is 9.13 Å². The van der Waals surface area contributed by atoms with Gasteiger partial charge in [-0.2, -0.15) is 0 Å². The third-order valence-corrected chi connectivity index (χ3v) is 10.9. The Kier molecular flexibility index (Phi) is 38.3. The summed E-state index contributed by atoms with van der Waals surface area (Å²) in [6.07, 6.45) is 36.0. The van der Waals surface area contributed by atoms with Crippen molar-refractivity contribution >= 4 is 27.6 Å². The molecule has 0 aliphatic carbocycles. The van der Waals surface area contributed by atoms with Crippen LogP contribution in [0, 0.1) is 5.92 Å². The van der Waals surface area contributed by atoms with E-state index in [0.717, 1.165) is 57.3 Å². The summed E-state index contributed by atoms with van der Waals surface area (Å²) in [5, 5.41) is 19.5. The normalized spacial score (nSPS) is 15.0. The van der Waals surface area contributed by atoms with Crippen LogP contribution in [0.2, 0.25) is 0 Å². The van der Waals surface area contributed by atoms with Crippen molar-refractivity contribution < 1.29 is 66.7 Å². The van der Waals surface area contributed by atoms with E-state index >= 15 is 0 Å². The summed E-state index contributed by atoms with van der Waals surface area (Å²) in [6.45, 7) is 3.82. The number of aliphatic hydroxyl groups excluding tert-OH is 2. The standard InChI is InChI=1S/C45H82O14P2/c1-4-31-41(46)33-28-24-20-16-12-8-6-10-14-18-22-26-30-35-45(49)59-43(39-58-61(53,54)57-37-42(47)36-56-60(50,51)52)38-55-44(48)34-29-25-21-17-13-9-5-7-11-15-19-23-27-32-40(2)3/h6,10,12,16,18,22,24,28,40-43,46-47H,4-5,7-9,11,13-15,17,19-21,23,25-27,29-39H2,1-3H3,(H,53,54)(H2,50,51,52)/b10-6-,16-12-,22-18-,28-24-/t41?,42-,43+/m0/s1. The fraction of sp³-hybridized carbons (Fsp3) is 0.778. The molecule has 0 heterocycles. The number of hydrogen-bond donors (Lipinski definition) is 5. The number of hydrogen-bond acceptors (Lipinski definition) is 11. The largest absolute Gasteiger partial charge is 0.472 e. The first kappa shape index (κ1) is 59.0. The zero-order chi connectivity index (χ0) is 45.5. The zero-order valence-corrected chi connectivity index (χ0v) is 39.3. The summed E-state index contributed by atoms with van der Waals surface area (Å²) in [7, 11) is -9.71. The Hall–Kier alpha value is -1.96. The van der Waals surface area contributed by atoms with Gasteiger partial charge in [0.1, 0.15) is 12.7 Å². The Morgan fingerprint density at radius 2 is 1.02 bits per heavy atom. The van der Waals surface area contributed by atoms with Crippen LogP contribution in [-0.4, -0.2) is 81.6 Å². The van der Waals surface area contributed by atoms with E-state index in [0.29, 0.717) is 25.7 Å². The molecular weight excluding hydrogens is 826 g/mol. The summed E-state index contributed by atoms with van der Waals surface area (Å²) in [4.78, 5) is 52.7. The number of allylic oxidation sites excluding steroid dienone is 7. The molecule has 0 fully saturated rings. The van der Waals surface area contributed by atoms with E-state index in [1.54, 1.807) is 0 Å². The van der Waals surface area contributed by atoms with Gasteiger partial charge in [-0.15, -0.1) is 0 Å². The van der Waals surface area contributed by atoms with Crippen molar-refractivity contribution in [2.24, 2.45) is 5.92 Å². The van der Waals surface area contributed by atoms with E-state index in [9.17, 15) is 33.8 Å². The zero-order valence-electron chi connectivity index (χ0n) is 37.5. The van der Waals surface area contributed by atoms with Crippen molar-refractivity contribution in [2.75, 3.05) is 26.4 Å². The van der Waals surface area contributed by atoms with Gasteiger partial charge < -0.3 is 34.4 Å². The highest BCUT2D eigenvalue weighted by Crippen LogP contribution is 2.43. The number of phosphoric ester groups is 2. The van der Waals surface area contributed by atoms with Crippen LogP contribution in [0.1, 0.15) is 175 Å². The van der Waals surface area contributed by atoms with E-state index in [2.05, 4.69) is 60.2 Å². The first-order chi connectivity index (χ1) is 29.1. The SMILES string of the molecule is CCCC(O)C/C=C\C/C=C\C/C=C\C/C=C\CCCC(=O)O[C@H](COC(=O)CCCCCCCCCCCCCCCC(C)C)COP(=O)(O)OC[C@@H](O)COP(=O)(O)O. The van der Waals surface area contributed by atoms with Gasteiger partial charge >= 0.3 is 27.6 Å². The average molecular weight is 909 g/mol. The van der Waals surface area contributed by atoms with Crippen LogP contribution in [0.15, 0.2) is 48.6 Å². The molecule has 0 saturated carbocycles. The molecule has 4 atom stereocenters. The number of esters is 2. The molecule has 0 rings (SSSR count). The first-order valence-electron chi connectivity index (χ1n) is 22.8.